The number of rotatable bonds is 11. The molecule has 228 valence electrons. The van der Waals surface area contributed by atoms with Crippen molar-refractivity contribution in [3.8, 4) is 52.4 Å². The highest BCUT2D eigenvalue weighted by Gasteiger charge is 2.26. The molecular formula is C30H24BrN7O6S. The number of ether oxygens (including phenoxy) is 4. The lowest BCUT2D eigenvalue weighted by Crippen LogP contribution is -2.17. The standard InChI is InChI=1S/C30H24BrN7O6S/c1-20-9-10-25(33-17-20)45(39,40)38-28-26(44-24-8-4-3-7-23(24)41-2)29(37-27(36-28)21-11-13-32-14-12-21)42-15-5-6-16-43-30-34-18-22(31)19-35-30/h3-4,7-14,17-19H,15-16H2,1-2H3,(H,36,37,38). The monoisotopic (exact) mass is 689 g/mol. The minimum absolute atomic E-state index is 0.00377. The fraction of sp³-hybridized carbons (Fsp3) is 0.133. The number of anilines is 1. The number of nitrogens with zero attached hydrogens (tertiary/aromatic N) is 6. The summed E-state index contributed by atoms with van der Waals surface area (Å²) in [5.41, 5.74) is 1.34. The van der Waals surface area contributed by atoms with Gasteiger partial charge >= 0.3 is 6.01 Å². The molecule has 0 spiro atoms. The normalized spacial score (nSPS) is 10.7. The van der Waals surface area contributed by atoms with Crippen LogP contribution < -0.4 is 23.7 Å². The molecule has 0 unspecified atom stereocenters. The van der Waals surface area contributed by atoms with Crippen molar-refractivity contribution in [3.05, 3.63) is 89.6 Å². The number of benzene rings is 1. The molecule has 5 aromatic rings. The fourth-order valence-corrected chi connectivity index (χ4v) is 4.75. The van der Waals surface area contributed by atoms with E-state index in [1.54, 1.807) is 74.2 Å². The summed E-state index contributed by atoms with van der Waals surface area (Å²) in [6.45, 7) is 1.64. The molecule has 45 heavy (non-hydrogen) atoms. The first-order chi connectivity index (χ1) is 21.8. The molecular weight excluding hydrogens is 666 g/mol. The zero-order valence-corrected chi connectivity index (χ0v) is 26.2. The van der Waals surface area contributed by atoms with Gasteiger partial charge in [-0.05, 0) is 58.7 Å². The Bertz CT molecular complexity index is 1940. The molecule has 0 radical (unpaired) electrons. The highest BCUT2D eigenvalue weighted by Crippen LogP contribution is 2.41. The Hall–Kier alpha value is -5.33. The summed E-state index contributed by atoms with van der Waals surface area (Å²) in [5, 5.41) is -0.219. The Kier molecular flexibility index (Phi) is 9.97. The lowest BCUT2D eigenvalue weighted by atomic mass is 10.2. The average Bonchev–Trinajstić information content (AvgIpc) is 3.05. The Morgan fingerprint density at radius 3 is 2.27 bits per heavy atom. The first kappa shape index (κ1) is 31.1. The van der Waals surface area contributed by atoms with Crippen LogP contribution in [-0.4, -0.2) is 58.6 Å². The van der Waals surface area contributed by atoms with Crippen molar-refractivity contribution < 1.29 is 27.4 Å². The van der Waals surface area contributed by atoms with Gasteiger partial charge in [-0.25, -0.2) is 19.9 Å². The molecule has 1 N–H and O–H groups in total. The summed E-state index contributed by atoms with van der Waals surface area (Å²) in [7, 11) is -2.75. The Balaban J connectivity index is 1.52. The number of nitrogens with one attached hydrogen (secondary N) is 1. The van der Waals surface area contributed by atoms with Crippen molar-refractivity contribution in [1.82, 2.24) is 29.9 Å². The summed E-state index contributed by atoms with van der Waals surface area (Å²) >= 11 is 3.26. The highest BCUT2D eigenvalue weighted by atomic mass is 79.9. The van der Waals surface area contributed by atoms with Gasteiger partial charge < -0.3 is 18.9 Å². The Morgan fingerprint density at radius 1 is 0.867 bits per heavy atom. The number of hydrogen-bond donors (Lipinski definition) is 1. The SMILES string of the molecule is COc1ccccc1Oc1c(NS(=O)(=O)c2ccc(C)cn2)nc(-c2ccncc2)nc1OCC#CCOc1ncc(Br)cn1. The van der Waals surface area contributed by atoms with Gasteiger partial charge in [-0.2, -0.15) is 13.4 Å². The van der Waals surface area contributed by atoms with Crippen LogP contribution in [0.3, 0.4) is 0 Å². The summed E-state index contributed by atoms with van der Waals surface area (Å²) < 4.78 is 53.1. The van der Waals surface area contributed by atoms with Crippen molar-refractivity contribution in [1.29, 1.82) is 0 Å². The van der Waals surface area contributed by atoms with E-state index in [4.69, 9.17) is 18.9 Å². The van der Waals surface area contributed by atoms with Crippen molar-refractivity contribution >= 4 is 31.8 Å². The number of para-hydroxylation sites is 2. The van der Waals surface area contributed by atoms with E-state index >= 15 is 0 Å². The number of hydrogen-bond acceptors (Lipinski definition) is 12. The second-order valence-corrected chi connectivity index (χ2v) is 11.5. The number of halogens is 1. The van der Waals surface area contributed by atoms with Crippen LogP contribution in [0.15, 0.2) is 89.0 Å². The maximum absolute atomic E-state index is 13.5. The zero-order chi connectivity index (χ0) is 31.6. The number of aryl methyl sites for hydroxylation is 1. The van der Waals surface area contributed by atoms with Gasteiger partial charge in [0.05, 0.1) is 11.6 Å². The van der Waals surface area contributed by atoms with Crippen LogP contribution in [-0.2, 0) is 10.0 Å². The Labute approximate surface area is 267 Å². The van der Waals surface area contributed by atoms with Gasteiger partial charge in [-0.15, -0.1) is 0 Å². The van der Waals surface area contributed by atoms with Crippen LogP contribution in [0.5, 0.6) is 29.1 Å². The third-order valence-corrected chi connectivity index (χ3v) is 7.38. The zero-order valence-electron chi connectivity index (χ0n) is 23.8. The first-order valence-electron chi connectivity index (χ1n) is 13.1. The van der Waals surface area contributed by atoms with Gasteiger partial charge in [0.1, 0.15) is 0 Å². The summed E-state index contributed by atoms with van der Waals surface area (Å²) in [4.78, 5) is 25.2. The van der Waals surface area contributed by atoms with Crippen LogP contribution >= 0.6 is 15.9 Å². The average molecular weight is 691 g/mol. The molecule has 0 saturated carbocycles. The predicted octanol–water partition coefficient (Wildman–Crippen LogP) is 4.86. The summed E-state index contributed by atoms with van der Waals surface area (Å²) in [6, 6.07) is 13.3. The lowest BCUT2D eigenvalue weighted by molar-refractivity contribution is 0.322. The van der Waals surface area contributed by atoms with Gasteiger partial charge in [0.15, 0.2) is 41.4 Å². The molecule has 0 amide bonds. The molecule has 5 rings (SSSR count). The molecule has 4 aromatic heterocycles. The van der Waals surface area contributed by atoms with Gasteiger partial charge in [-0.3, -0.25) is 9.71 Å². The van der Waals surface area contributed by atoms with Crippen LogP contribution in [0.4, 0.5) is 5.82 Å². The second kappa shape index (κ2) is 14.4. The van der Waals surface area contributed by atoms with Crippen LogP contribution in [0.2, 0.25) is 0 Å². The molecule has 0 saturated heterocycles. The predicted molar refractivity (Wildman–Crippen MR) is 167 cm³/mol. The number of methoxy groups -OCH3 is 1. The first-order valence-corrected chi connectivity index (χ1v) is 15.4. The van der Waals surface area contributed by atoms with Crippen LogP contribution in [0, 0.1) is 18.8 Å². The van der Waals surface area contributed by atoms with E-state index in [-0.39, 0.29) is 53.3 Å². The third kappa shape index (κ3) is 8.19. The smallest absolute Gasteiger partial charge is 0.317 e. The van der Waals surface area contributed by atoms with Gasteiger partial charge in [-0.1, -0.05) is 30.0 Å². The van der Waals surface area contributed by atoms with Crippen molar-refractivity contribution in [2.45, 2.75) is 11.9 Å². The quantitative estimate of drug-likeness (QED) is 0.188. The van der Waals surface area contributed by atoms with Gasteiger partial charge in [0.2, 0.25) is 5.75 Å². The summed E-state index contributed by atoms with van der Waals surface area (Å²) in [5.74, 6) is 5.98. The van der Waals surface area contributed by atoms with Crippen molar-refractivity contribution in [2.24, 2.45) is 0 Å². The lowest BCUT2D eigenvalue weighted by Gasteiger charge is -2.17. The molecule has 0 aliphatic carbocycles. The minimum Gasteiger partial charge on any atom is -0.493 e. The number of pyridine rings is 2. The number of aromatic nitrogens is 6. The number of sulfonamides is 1. The molecule has 0 aliphatic rings. The third-order valence-electron chi connectivity index (χ3n) is 5.72. The molecule has 1 aromatic carbocycles. The van der Waals surface area contributed by atoms with E-state index in [0.29, 0.717) is 15.8 Å². The maximum Gasteiger partial charge on any atom is 0.317 e. The van der Waals surface area contributed by atoms with Crippen LogP contribution in [0.1, 0.15) is 5.56 Å². The van der Waals surface area contributed by atoms with E-state index in [9.17, 15) is 8.42 Å². The van der Waals surface area contributed by atoms with Crippen LogP contribution in [0.25, 0.3) is 11.4 Å². The van der Waals surface area contributed by atoms with Gasteiger partial charge in [0, 0.05) is 36.5 Å². The largest absolute Gasteiger partial charge is 0.493 e. The molecule has 0 fully saturated rings. The molecule has 15 heteroatoms. The van der Waals surface area contributed by atoms with Crippen molar-refractivity contribution in [2.75, 3.05) is 25.0 Å². The van der Waals surface area contributed by atoms with Crippen molar-refractivity contribution in [3.63, 3.8) is 0 Å². The fourth-order valence-electron chi connectivity index (χ4n) is 3.61. The second-order valence-electron chi connectivity index (χ2n) is 8.91. The molecule has 4 heterocycles. The Morgan fingerprint density at radius 2 is 1.58 bits per heavy atom. The highest BCUT2D eigenvalue weighted by molar-refractivity contribution is 9.10. The van der Waals surface area contributed by atoms with E-state index < -0.39 is 10.0 Å². The van der Waals surface area contributed by atoms with E-state index in [2.05, 4.69) is 62.4 Å². The summed E-state index contributed by atoms with van der Waals surface area (Å²) in [6.07, 6.45) is 7.66. The molecule has 0 bridgehead atoms. The van der Waals surface area contributed by atoms with E-state index in [1.165, 1.54) is 19.4 Å². The molecule has 13 nitrogen and oxygen atoms in total. The maximum atomic E-state index is 13.5. The molecule has 0 atom stereocenters. The van der Waals surface area contributed by atoms with Gasteiger partial charge in [0.25, 0.3) is 15.9 Å². The topological polar surface area (TPSA) is 160 Å². The minimum atomic E-state index is -4.23. The van der Waals surface area contributed by atoms with E-state index in [0.717, 1.165) is 5.56 Å². The van der Waals surface area contributed by atoms with E-state index in [1.807, 2.05) is 0 Å². The molecule has 0 aliphatic heterocycles.